The molecular weight excluding hydrogens is 198 g/mol. The molecule has 0 bridgehead atoms. The molecule has 1 atom stereocenters. The number of fused-ring (bicyclic) bond motifs is 1. The fourth-order valence-electron chi connectivity index (χ4n) is 1.42. The van der Waals surface area contributed by atoms with Crippen molar-refractivity contribution in [2.75, 3.05) is 0 Å². The van der Waals surface area contributed by atoms with E-state index in [-0.39, 0.29) is 6.42 Å². The molecule has 1 aromatic carbocycles. The smallest absolute Gasteiger partial charge is 0.320 e. The van der Waals surface area contributed by atoms with E-state index in [1.165, 1.54) is 0 Å². The first kappa shape index (κ1) is 9.95. The third-order valence-corrected chi connectivity index (χ3v) is 2.27. The number of nitrogens with two attached hydrogens (primary N) is 1. The second kappa shape index (κ2) is 3.88. The molecule has 0 radical (unpaired) electrons. The van der Waals surface area contributed by atoms with Crippen LogP contribution in [0.4, 0.5) is 0 Å². The standard InChI is InChI=1S/C10H11NO4/c11-8(10(12)13)3-6-1-2-7-5-14-15-9(7)4-6/h1-2,4,8H,3,5,11H2,(H,12,13). The van der Waals surface area contributed by atoms with Crippen LogP contribution in [-0.2, 0) is 22.7 Å². The normalized spacial score (nSPS) is 15.5. The van der Waals surface area contributed by atoms with Gasteiger partial charge in [0.15, 0.2) is 5.75 Å². The number of rotatable bonds is 3. The van der Waals surface area contributed by atoms with Gasteiger partial charge in [-0.1, -0.05) is 12.1 Å². The summed E-state index contributed by atoms with van der Waals surface area (Å²) >= 11 is 0. The lowest BCUT2D eigenvalue weighted by atomic mass is 10.0. The Morgan fingerprint density at radius 2 is 2.40 bits per heavy atom. The van der Waals surface area contributed by atoms with Crippen LogP contribution in [-0.4, -0.2) is 17.1 Å². The summed E-state index contributed by atoms with van der Waals surface area (Å²) in [6.45, 7) is 0.431. The highest BCUT2D eigenvalue weighted by Gasteiger charge is 2.17. The van der Waals surface area contributed by atoms with Crippen molar-refractivity contribution >= 4 is 5.97 Å². The number of carboxylic acids is 1. The van der Waals surface area contributed by atoms with Gasteiger partial charge in [-0.25, -0.2) is 0 Å². The highest BCUT2D eigenvalue weighted by atomic mass is 17.2. The van der Waals surface area contributed by atoms with E-state index in [0.29, 0.717) is 12.4 Å². The van der Waals surface area contributed by atoms with Crippen LogP contribution in [0.25, 0.3) is 0 Å². The van der Waals surface area contributed by atoms with Crippen LogP contribution in [0.1, 0.15) is 11.1 Å². The lowest BCUT2D eigenvalue weighted by Crippen LogP contribution is -2.32. The number of benzene rings is 1. The molecule has 0 saturated heterocycles. The van der Waals surface area contributed by atoms with Gasteiger partial charge in [0.25, 0.3) is 0 Å². The molecule has 15 heavy (non-hydrogen) atoms. The fourth-order valence-corrected chi connectivity index (χ4v) is 1.42. The van der Waals surface area contributed by atoms with Crippen molar-refractivity contribution in [1.82, 2.24) is 0 Å². The Bertz CT molecular complexity index is 391. The molecule has 1 unspecified atom stereocenters. The van der Waals surface area contributed by atoms with Gasteiger partial charge in [0.05, 0.1) is 0 Å². The van der Waals surface area contributed by atoms with Crippen LogP contribution in [0.2, 0.25) is 0 Å². The highest BCUT2D eigenvalue weighted by Crippen LogP contribution is 2.27. The molecule has 5 nitrogen and oxygen atoms in total. The van der Waals surface area contributed by atoms with E-state index in [1.807, 2.05) is 12.1 Å². The summed E-state index contributed by atoms with van der Waals surface area (Å²) in [5.41, 5.74) is 7.21. The second-order valence-electron chi connectivity index (χ2n) is 3.44. The van der Waals surface area contributed by atoms with E-state index in [4.69, 9.17) is 20.6 Å². The van der Waals surface area contributed by atoms with Crippen LogP contribution in [0, 0.1) is 0 Å². The average molecular weight is 209 g/mol. The van der Waals surface area contributed by atoms with E-state index < -0.39 is 12.0 Å². The minimum absolute atomic E-state index is 0.284. The van der Waals surface area contributed by atoms with Gasteiger partial charge in [0.2, 0.25) is 0 Å². The summed E-state index contributed by atoms with van der Waals surface area (Å²) in [6, 6.07) is 4.56. The molecule has 1 aliphatic rings. The van der Waals surface area contributed by atoms with Crippen LogP contribution >= 0.6 is 0 Å². The van der Waals surface area contributed by atoms with Crippen LogP contribution in [0.3, 0.4) is 0 Å². The molecule has 0 aromatic heterocycles. The first-order valence-electron chi connectivity index (χ1n) is 4.56. The molecule has 1 heterocycles. The van der Waals surface area contributed by atoms with Crippen molar-refractivity contribution in [1.29, 1.82) is 0 Å². The van der Waals surface area contributed by atoms with Gasteiger partial charge in [-0.05, 0) is 18.1 Å². The monoisotopic (exact) mass is 209 g/mol. The van der Waals surface area contributed by atoms with Crippen molar-refractivity contribution in [3.8, 4) is 5.75 Å². The quantitative estimate of drug-likeness (QED) is 0.707. The summed E-state index contributed by atoms with van der Waals surface area (Å²) in [7, 11) is 0. The molecule has 80 valence electrons. The van der Waals surface area contributed by atoms with Gasteiger partial charge < -0.3 is 15.7 Å². The largest absolute Gasteiger partial charge is 0.480 e. The van der Waals surface area contributed by atoms with Crippen molar-refractivity contribution in [3.63, 3.8) is 0 Å². The predicted molar refractivity (Wildman–Crippen MR) is 51.2 cm³/mol. The zero-order chi connectivity index (χ0) is 10.8. The molecule has 0 aliphatic carbocycles. The maximum atomic E-state index is 10.6. The summed E-state index contributed by atoms with van der Waals surface area (Å²) in [5.74, 6) is -0.363. The summed E-state index contributed by atoms with van der Waals surface area (Å²) in [6.07, 6.45) is 0.284. The maximum Gasteiger partial charge on any atom is 0.320 e. The van der Waals surface area contributed by atoms with Gasteiger partial charge in [-0.15, -0.1) is 0 Å². The van der Waals surface area contributed by atoms with E-state index in [2.05, 4.69) is 0 Å². The molecule has 1 aromatic rings. The van der Waals surface area contributed by atoms with Gasteiger partial charge in [-0.2, -0.15) is 4.89 Å². The van der Waals surface area contributed by atoms with Gasteiger partial charge >= 0.3 is 5.97 Å². The Morgan fingerprint density at radius 1 is 1.60 bits per heavy atom. The lowest BCUT2D eigenvalue weighted by molar-refractivity contribution is -0.194. The molecule has 0 saturated carbocycles. The van der Waals surface area contributed by atoms with Gasteiger partial charge in [0, 0.05) is 5.56 Å². The van der Waals surface area contributed by atoms with Crippen molar-refractivity contribution in [3.05, 3.63) is 29.3 Å². The zero-order valence-electron chi connectivity index (χ0n) is 7.97. The molecule has 2 rings (SSSR count). The number of hydrogen-bond acceptors (Lipinski definition) is 4. The van der Waals surface area contributed by atoms with E-state index >= 15 is 0 Å². The molecule has 3 N–H and O–H groups in total. The Kier molecular flexibility index (Phi) is 2.57. The Hall–Kier alpha value is -1.59. The number of carbonyl (C=O) groups is 1. The fraction of sp³-hybridized carbons (Fsp3) is 0.300. The third kappa shape index (κ3) is 2.08. The molecule has 0 amide bonds. The molecule has 1 aliphatic heterocycles. The molecule has 5 heteroatoms. The van der Waals surface area contributed by atoms with Crippen LogP contribution < -0.4 is 10.6 Å². The molecule has 0 spiro atoms. The average Bonchev–Trinajstić information content (AvgIpc) is 2.64. The number of aliphatic carboxylic acids is 1. The SMILES string of the molecule is NC(Cc1ccc2c(c1)OOC2)C(=O)O. The minimum Gasteiger partial charge on any atom is -0.480 e. The van der Waals surface area contributed by atoms with Crippen molar-refractivity contribution < 1.29 is 19.7 Å². The maximum absolute atomic E-state index is 10.6. The Morgan fingerprint density at radius 3 is 3.13 bits per heavy atom. The van der Waals surface area contributed by atoms with E-state index in [0.717, 1.165) is 11.1 Å². The lowest BCUT2D eigenvalue weighted by Gasteiger charge is -2.06. The van der Waals surface area contributed by atoms with E-state index in [1.54, 1.807) is 6.07 Å². The van der Waals surface area contributed by atoms with Crippen LogP contribution in [0.5, 0.6) is 5.75 Å². The highest BCUT2D eigenvalue weighted by molar-refractivity contribution is 5.73. The predicted octanol–water partition coefficient (Wildman–Crippen LogP) is 0.465. The Balaban J connectivity index is 2.13. The second-order valence-corrected chi connectivity index (χ2v) is 3.44. The van der Waals surface area contributed by atoms with Gasteiger partial charge in [-0.3, -0.25) is 4.79 Å². The van der Waals surface area contributed by atoms with Gasteiger partial charge in [0.1, 0.15) is 12.6 Å². The van der Waals surface area contributed by atoms with Crippen molar-refractivity contribution in [2.45, 2.75) is 19.1 Å². The summed E-state index contributed by atoms with van der Waals surface area (Å²) < 4.78 is 0. The molecular formula is C10H11NO4. The molecule has 0 fully saturated rings. The zero-order valence-corrected chi connectivity index (χ0v) is 7.97. The summed E-state index contributed by atoms with van der Waals surface area (Å²) in [4.78, 5) is 20.2. The number of carboxylic acid groups (broad SMARTS) is 1. The third-order valence-electron chi connectivity index (χ3n) is 2.27. The van der Waals surface area contributed by atoms with E-state index in [9.17, 15) is 4.79 Å². The van der Waals surface area contributed by atoms with Crippen molar-refractivity contribution in [2.24, 2.45) is 5.73 Å². The topological polar surface area (TPSA) is 81.8 Å². The summed E-state index contributed by atoms with van der Waals surface area (Å²) in [5, 5.41) is 8.66. The number of hydrogen-bond donors (Lipinski definition) is 2. The Labute approximate surface area is 86.3 Å². The first-order valence-corrected chi connectivity index (χ1v) is 4.56. The minimum atomic E-state index is -1.01. The van der Waals surface area contributed by atoms with Crippen LogP contribution in [0.15, 0.2) is 18.2 Å². The first-order chi connectivity index (χ1) is 7.16.